The Balaban J connectivity index is 1.14. The van der Waals surface area contributed by atoms with Gasteiger partial charge in [-0.05, 0) is 54.7 Å². The lowest BCUT2D eigenvalue weighted by molar-refractivity contribution is -0.0626. The number of halogens is 1. The number of aromatic carboxylic acids is 1. The number of hydrogen-bond donors (Lipinski definition) is 1. The number of oxime groups is 1. The summed E-state index contributed by atoms with van der Waals surface area (Å²) >= 11 is 6.64. The number of fused-ring (bicyclic) bond motifs is 1. The van der Waals surface area contributed by atoms with Crippen molar-refractivity contribution in [3.63, 3.8) is 0 Å². The molecule has 34 heavy (non-hydrogen) atoms. The first-order valence-corrected chi connectivity index (χ1v) is 12.4. The summed E-state index contributed by atoms with van der Waals surface area (Å²) in [6.07, 6.45) is 7.42. The van der Waals surface area contributed by atoms with E-state index in [1.165, 1.54) is 34.9 Å². The van der Waals surface area contributed by atoms with Crippen LogP contribution >= 0.6 is 11.6 Å². The highest BCUT2D eigenvalue weighted by Gasteiger charge is 2.42. The Morgan fingerprint density at radius 1 is 1.18 bits per heavy atom. The van der Waals surface area contributed by atoms with Crippen molar-refractivity contribution in [1.29, 1.82) is 0 Å². The minimum atomic E-state index is -0.919. The third-order valence-electron chi connectivity index (χ3n) is 7.62. The molecule has 2 aromatic carbocycles. The van der Waals surface area contributed by atoms with Crippen molar-refractivity contribution in [2.45, 2.75) is 57.2 Å². The van der Waals surface area contributed by atoms with Gasteiger partial charge in [0.05, 0.1) is 21.8 Å². The number of benzene rings is 2. The smallest absolute Gasteiger partial charge is 0.335 e. The second-order valence-electron chi connectivity index (χ2n) is 10.0. The van der Waals surface area contributed by atoms with Gasteiger partial charge >= 0.3 is 5.97 Å². The highest BCUT2D eigenvalue weighted by molar-refractivity contribution is 6.35. The molecule has 2 aliphatic heterocycles. The lowest BCUT2D eigenvalue weighted by atomic mass is 9.85. The number of carbonyl (C=O) groups is 1. The van der Waals surface area contributed by atoms with E-state index in [4.69, 9.17) is 21.5 Å². The van der Waals surface area contributed by atoms with E-state index in [9.17, 15) is 4.79 Å². The zero-order valence-electron chi connectivity index (χ0n) is 19.3. The second-order valence-corrected chi connectivity index (χ2v) is 10.4. The van der Waals surface area contributed by atoms with Gasteiger partial charge < -0.3 is 14.5 Å². The van der Waals surface area contributed by atoms with Gasteiger partial charge in [0, 0.05) is 56.5 Å². The third-order valence-corrected chi connectivity index (χ3v) is 7.92. The monoisotopic (exact) mass is 477 g/mol. The van der Waals surface area contributed by atoms with Crippen LogP contribution in [0.5, 0.6) is 0 Å². The Morgan fingerprint density at radius 3 is 2.59 bits per heavy atom. The average molecular weight is 478 g/mol. The molecule has 3 aliphatic rings. The highest BCUT2D eigenvalue weighted by Crippen LogP contribution is 2.43. The summed E-state index contributed by atoms with van der Waals surface area (Å²) in [6, 6.07) is 11.6. The van der Waals surface area contributed by atoms with Gasteiger partial charge in [0.25, 0.3) is 0 Å². The van der Waals surface area contributed by atoms with E-state index >= 15 is 0 Å². The van der Waals surface area contributed by atoms with Crippen LogP contribution in [0.1, 0.15) is 65.2 Å². The van der Waals surface area contributed by atoms with Crippen molar-refractivity contribution in [2.75, 3.05) is 13.1 Å². The summed E-state index contributed by atoms with van der Waals surface area (Å²) in [5.41, 5.74) is 5.71. The van der Waals surface area contributed by atoms with Gasteiger partial charge in [0.15, 0.2) is 0 Å². The fourth-order valence-corrected chi connectivity index (χ4v) is 5.75. The molecule has 7 heteroatoms. The number of hydrogen-bond acceptors (Lipinski definition) is 4. The maximum absolute atomic E-state index is 11.1. The number of rotatable bonds is 5. The van der Waals surface area contributed by atoms with Crippen molar-refractivity contribution in [2.24, 2.45) is 5.16 Å². The zero-order chi connectivity index (χ0) is 23.4. The molecule has 6 nitrogen and oxygen atoms in total. The Hall–Kier alpha value is -2.83. The molecule has 6 rings (SSSR count). The predicted octanol–water partition coefficient (Wildman–Crippen LogP) is 5.80. The number of likely N-dealkylation sites (tertiary alicyclic amines) is 1. The molecule has 1 aliphatic carbocycles. The van der Waals surface area contributed by atoms with Gasteiger partial charge in [0.1, 0.15) is 5.60 Å². The number of carboxylic acid groups (broad SMARTS) is 1. The topological polar surface area (TPSA) is 67.1 Å². The fraction of sp³-hybridized carbons (Fsp3) is 0.407. The molecule has 176 valence electrons. The molecule has 1 saturated heterocycles. The first-order chi connectivity index (χ1) is 16.4. The van der Waals surface area contributed by atoms with E-state index in [2.05, 4.69) is 33.8 Å². The van der Waals surface area contributed by atoms with E-state index in [0.717, 1.165) is 55.2 Å². The first kappa shape index (κ1) is 21.7. The summed E-state index contributed by atoms with van der Waals surface area (Å²) in [5, 5.41) is 15.7. The first-order valence-electron chi connectivity index (χ1n) is 12.0. The zero-order valence-corrected chi connectivity index (χ0v) is 20.0. The van der Waals surface area contributed by atoms with E-state index < -0.39 is 5.97 Å². The molecule has 3 aromatic rings. The molecule has 1 aromatic heterocycles. The number of carboxylic acids is 1. The van der Waals surface area contributed by atoms with Crippen LogP contribution in [0.3, 0.4) is 0 Å². The Bertz CT molecular complexity index is 1300. The molecule has 0 atom stereocenters. The van der Waals surface area contributed by atoms with Gasteiger partial charge in [-0.1, -0.05) is 35.0 Å². The van der Waals surface area contributed by atoms with E-state index in [-0.39, 0.29) is 11.2 Å². The molecule has 1 N–H and O–H groups in total. The summed E-state index contributed by atoms with van der Waals surface area (Å²) in [4.78, 5) is 19.6. The fourth-order valence-electron chi connectivity index (χ4n) is 5.49. The van der Waals surface area contributed by atoms with E-state index in [0.29, 0.717) is 6.04 Å². The normalized spacial score (nSPS) is 20.0. The Kier molecular flexibility index (Phi) is 5.19. The highest BCUT2D eigenvalue weighted by atomic mass is 35.5. The van der Waals surface area contributed by atoms with Gasteiger partial charge in [-0.25, -0.2) is 4.79 Å². The molecule has 0 radical (unpaired) electrons. The molecule has 1 spiro atoms. The number of piperidine rings is 1. The maximum atomic E-state index is 11.1. The minimum Gasteiger partial charge on any atom is -0.478 e. The molecule has 0 amide bonds. The molecule has 0 bridgehead atoms. The molecule has 0 unspecified atom stereocenters. The standard InChI is InChI=1S/C27H28ClN3O3/c1-17-2-9-22(28)25-24(17)20(16-31(25)21-7-8-21)15-30-12-10-27(11-13-30)14-23(29-34-27)18-3-5-19(6-4-18)26(32)33/h2-6,9,16,21H,7-8,10-15H2,1H3,(H,32,33). The Morgan fingerprint density at radius 2 is 1.91 bits per heavy atom. The average Bonchev–Trinajstić information content (AvgIpc) is 3.49. The third kappa shape index (κ3) is 3.79. The quantitative estimate of drug-likeness (QED) is 0.504. The van der Waals surface area contributed by atoms with Crippen LogP contribution in [-0.4, -0.2) is 44.9 Å². The van der Waals surface area contributed by atoms with Crippen LogP contribution in [0.2, 0.25) is 5.02 Å². The Labute approximate surface area is 203 Å². The predicted molar refractivity (Wildman–Crippen MR) is 133 cm³/mol. The molecular weight excluding hydrogens is 450 g/mol. The maximum Gasteiger partial charge on any atom is 0.335 e. The largest absolute Gasteiger partial charge is 0.478 e. The van der Waals surface area contributed by atoms with Gasteiger partial charge in [-0.15, -0.1) is 0 Å². The van der Waals surface area contributed by atoms with Crippen LogP contribution < -0.4 is 0 Å². The number of nitrogens with zero attached hydrogens (tertiary/aromatic N) is 3. The number of aryl methyl sites for hydroxylation is 1. The summed E-state index contributed by atoms with van der Waals surface area (Å²) in [6.45, 7) is 5.00. The van der Waals surface area contributed by atoms with Gasteiger partial charge in [0.2, 0.25) is 0 Å². The van der Waals surface area contributed by atoms with Crippen molar-refractivity contribution in [3.05, 3.63) is 69.9 Å². The molecule has 3 heterocycles. The lowest BCUT2D eigenvalue weighted by Gasteiger charge is -2.37. The summed E-state index contributed by atoms with van der Waals surface area (Å²) in [7, 11) is 0. The van der Waals surface area contributed by atoms with Crippen molar-refractivity contribution >= 4 is 34.2 Å². The lowest BCUT2D eigenvalue weighted by Crippen LogP contribution is -2.44. The van der Waals surface area contributed by atoms with Crippen molar-refractivity contribution in [1.82, 2.24) is 9.47 Å². The van der Waals surface area contributed by atoms with Gasteiger partial charge in [-0.2, -0.15) is 0 Å². The van der Waals surface area contributed by atoms with Gasteiger partial charge in [-0.3, -0.25) is 4.90 Å². The van der Waals surface area contributed by atoms with Crippen molar-refractivity contribution < 1.29 is 14.7 Å². The summed E-state index contributed by atoms with van der Waals surface area (Å²) < 4.78 is 2.40. The van der Waals surface area contributed by atoms with E-state index in [1.807, 2.05) is 18.2 Å². The molecular formula is C27H28ClN3O3. The SMILES string of the molecule is Cc1ccc(Cl)c2c1c(CN1CCC3(CC1)CC(c1ccc(C(=O)O)cc1)=NO3)cn2C1CC1. The van der Waals surface area contributed by atoms with Crippen molar-refractivity contribution in [3.8, 4) is 0 Å². The van der Waals surface area contributed by atoms with Crippen LogP contribution in [0.15, 0.2) is 47.8 Å². The minimum absolute atomic E-state index is 0.251. The molecule has 1 saturated carbocycles. The van der Waals surface area contributed by atoms with E-state index in [1.54, 1.807) is 12.1 Å². The van der Waals surface area contributed by atoms with Crippen LogP contribution in [0, 0.1) is 6.92 Å². The number of aromatic nitrogens is 1. The summed E-state index contributed by atoms with van der Waals surface area (Å²) in [5.74, 6) is -0.919. The van der Waals surface area contributed by atoms with Crippen LogP contribution in [-0.2, 0) is 11.4 Å². The van der Waals surface area contributed by atoms with Crippen LogP contribution in [0.25, 0.3) is 10.9 Å². The second kappa shape index (κ2) is 8.14. The van der Waals surface area contributed by atoms with Crippen LogP contribution in [0.4, 0.5) is 0 Å². The molecule has 2 fully saturated rings.